The second-order valence-electron chi connectivity index (χ2n) is 5.84. The summed E-state index contributed by atoms with van der Waals surface area (Å²) >= 11 is 4.87. The number of carbonyl (C=O) groups excluding carboxylic acids is 3. The number of anilines is 1. The summed E-state index contributed by atoms with van der Waals surface area (Å²) < 4.78 is 6.00. The molecule has 1 atom stereocenters. The van der Waals surface area contributed by atoms with Crippen LogP contribution in [0.1, 0.15) is 16.8 Å². The van der Waals surface area contributed by atoms with Gasteiger partial charge in [0.15, 0.2) is 6.61 Å². The number of carbonyl (C=O) groups is 3. The Labute approximate surface area is 176 Å². The van der Waals surface area contributed by atoms with Crippen LogP contribution >= 0.6 is 27.7 Å². The number of thioether (sulfide) groups is 1. The number of nitrogens with one attached hydrogen (secondary N) is 2. The fraction of sp³-hybridized carbons (Fsp3) is 0.250. The van der Waals surface area contributed by atoms with Gasteiger partial charge in [0, 0.05) is 15.7 Å². The molecule has 0 aliphatic carbocycles. The van der Waals surface area contributed by atoms with Gasteiger partial charge < -0.3 is 15.4 Å². The lowest BCUT2D eigenvalue weighted by Crippen LogP contribution is -2.43. The third-order valence-corrected chi connectivity index (χ3v) is 4.88. The number of halogens is 1. The molecule has 0 heterocycles. The van der Waals surface area contributed by atoms with Crippen molar-refractivity contribution in [3.63, 3.8) is 0 Å². The summed E-state index contributed by atoms with van der Waals surface area (Å²) in [5.74, 6) is -0.777. The van der Waals surface area contributed by atoms with E-state index in [9.17, 15) is 14.4 Å². The van der Waals surface area contributed by atoms with Crippen molar-refractivity contribution in [2.24, 2.45) is 0 Å². The second-order valence-corrected chi connectivity index (χ2v) is 7.74. The van der Waals surface area contributed by atoms with E-state index in [2.05, 4.69) is 26.6 Å². The van der Waals surface area contributed by atoms with E-state index in [0.717, 1.165) is 4.47 Å². The molecule has 0 fully saturated rings. The predicted molar refractivity (Wildman–Crippen MR) is 114 cm³/mol. The SMILES string of the molecule is CSCCC(NC(=O)c1ccccc1)C(=O)OCC(=O)Nc1ccc(Br)cc1. The van der Waals surface area contributed by atoms with Crippen molar-refractivity contribution >= 4 is 51.2 Å². The number of esters is 1. The zero-order valence-corrected chi connectivity index (χ0v) is 17.7. The Bertz CT molecular complexity index is 800. The zero-order valence-electron chi connectivity index (χ0n) is 15.3. The molecule has 1 unspecified atom stereocenters. The largest absolute Gasteiger partial charge is 0.454 e. The van der Waals surface area contributed by atoms with E-state index in [-0.39, 0.29) is 5.91 Å². The summed E-state index contributed by atoms with van der Waals surface area (Å²) in [4.78, 5) is 36.7. The van der Waals surface area contributed by atoms with E-state index in [4.69, 9.17) is 4.74 Å². The van der Waals surface area contributed by atoms with Gasteiger partial charge in [-0.2, -0.15) is 11.8 Å². The molecule has 8 heteroatoms. The minimum absolute atomic E-state index is 0.358. The molecule has 28 heavy (non-hydrogen) atoms. The van der Waals surface area contributed by atoms with Gasteiger partial charge in [0.05, 0.1) is 0 Å². The molecule has 2 N–H and O–H groups in total. The lowest BCUT2D eigenvalue weighted by molar-refractivity contribution is -0.149. The van der Waals surface area contributed by atoms with Crippen LogP contribution in [-0.2, 0) is 14.3 Å². The Morgan fingerprint density at radius 3 is 2.39 bits per heavy atom. The van der Waals surface area contributed by atoms with Crippen molar-refractivity contribution in [2.45, 2.75) is 12.5 Å². The van der Waals surface area contributed by atoms with Gasteiger partial charge in [-0.3, -0.25) is 9.59 Å². The second kappa shape index (κ2) is 11.5. The Morgan fingerprint density at radius 2 is 1.75 bits per heavy atom. The number of hydrogen-bond acceptors (Lipinski definition) is 5. The summed E-state index contributed by atoms with van der Waals surface area (Å²) in [5, 5.41) is 5.33. The van der Waals surface area contributed by atoms with Crippen LogP contribution in [0, 0.1) is 0 Å². The molecule has 2 rings (SSSR count). The van der Waals surface area contributed by atoms with Gasteiger partial charge >= 0.3 is 5.97 Å². The highest BCUT2D eigenvalue weighted by atomic mass is 79.9. The van der Waals surface area contributed by atoms with E-state index in [0.29, 0.717) is 23.4 Å². The van der Waals surface area contributed by atoms with Crippen LogP contribution in [0.15, 0.2) is 59.1 Å². The molecule has 0 saturated carbocycles. The fourth-order valence-electron chi connectivity index (χ4n) is 2.28. The molecule has 0 aromatic heterocycles. The summed E-state index contributed by atoms with van der Waals surface area (Å²) in [7, 11) is 0. The van der Waals surface area contributed by atoms with Gasteiger partial charge in [-0.1, -0.05) is 34.1 Å². The molecule has 0 radical (unpaired) electrons. The van der Waals surface area contributed by atoms with Crippen LogP contribution in [0.5, 0.6) is 0 Å². The Kier molecular flexibility index (Phi) is 9.03. The lowest BCUT2D eigenvalue weighted by Gasteiger charge is -2.17. The maximum Gasteiger partial charge on any atom is 0.329 e. The van der Waals surface area contributed by atoms with Crippen molar-refractivity contribution in [3.8, 4) is 0 Å². The minimum Gasteiger partial charge on any atom is -0.454 e. The standard InChI is InChI=1S/C20H21BrN2O4S/c1-28-12-11-17(23-19(25)14-5-3-2-4-6-14)20(26)27-13-18(24)22-16-9-7-15(21)8-10-16/h2-10,17H,11-13H2,1H3,(H,22,24)(H,23,25). The Balaban J connectivity index is 1.89. The van der Waals surface area contributed by atoms with Crippen LogP contribution in [-0.4, -0.2) is 42.4 Å². The molecule has 0 bridgehead atoms. The first-order valence-corrected chi connectivity index (χ1v) is 10.7. The topological polar surface area (TPSA) is 84.5 Å². The molecule has 0 aliphatic heterocycles. The Hall–Kier alpha value is -2.32. The van der Waals surface area contributed by atoms with Gasteiger partial charge in [0.2, 0.25) is 0 Å². The number of ether oxygens (including phenoxy) is 1. The highest BCUT2D eigenvalue weighted by Crippen LogP contribution is 2.14. The van der Waals surface area contributed by atoms with Gasteiger partial charge in [-0.25, -0.2) is 4.79 Å². The molecule has 2 aromatic carbocycles. The van der Waals surface area contributed by atoms with E-state index in [1.165, 1.54) is 0 Å². The van der Waals surface area contributed by atoms with Crippen molar-refractivity contribution in [3.05, 3.63) is 64.6 Å². The third-order valence-electron chi connectivity index (χ3n) is 3.71. The lowest BCUT2D eigenvalue weighted by atomic mass is 10.1. The summed E-state index contributed by atoms with van der Waals surface area (Å²) in [6.07, 6.45) is 2.32. The predicted octanol–water partition coefficient (Wildman–Crippen LogP) is 3.48. The molecule has 2 aromatic rings. The van der Waals surface area contributed by atoms with E-state index in [1.807, 2.05) is 6.26 Å². The highest BCUT2D eigenvalue weighted by molar-refractivity contribution is 9.10. The zero-order chi connectivity index (χ0) is 20.4. The summed E-state index contributed by atoms with van der Waals surface area (Å²) in [6, 6.07) is 14.8. The molecule has 6 nitrogen and oxygen atoms in total. The average Bonchev–Trinajstić information content (AvgIpc) is 2.71. The molecule has 0 aliphatic rings. The van der Waals surface area contributed by atoms with Crippen molar-refractivity contribution in [2.75, 3.05) is 23.9 Å². The van der Waals surface area contributed by atoms with E-state index < -0.39 is 24.5 Å². The molecule has 0 spiro atoms. The van der Waals surface area contributed by atoms with Crippen LogP contribution in [0.3, 0.4) is 0 Å². The van der Waals surface area contributed by atoms with E-state index in [1.54, 1.807) is 66.4 Å². The van der Waals surface area contributed by atoms with Gasteiger partial charge in [0.1, 0.15) is 6.04 Å². The van der Waals surface area contributed by atoms with Crippen LogP contribution < -0.4 is 10.6 Å². The first-order valence-electron chi connectivity index (χ1n) is 8.56. The molecule has 148 valence electrons. The fourth-order valence-corrected chi connectivity index (χ4v) is 3.02. The molecular weight excluding hydrogens is 444 g/mol. The minimum atomic E-state index is -0.819. The van der Waals surface area contributed by atoms with Crippen LogP contribution in [0.2, 0.25) is 0 Å². The van der Waals surface area contributed by atoms with Crippen molar-refractivity contribution in [1.82, 2.24) is 5.32 Å². The van der Waals surface area contributed by atoms with Gasteiger partial charge in [0.25, 0.3) is 11.8 Å². The molecule has 2 amide bonds. The van der Waals surface area contributed by atoms with Crippen molar-refractivity contribution in [1.29, 1.82) is 0 Å². The quantitative estimate of drug-likeness (QED) is 0.554. The van der Waals surface area contributed by atoms with E-state index >= 15 is 0 Å². The van der Waals surface area contributed by atoms with Gasteiger partial charge in [-0.05, 0) is 54.8 Å². The monoisotopic (exact) mass is 464 g/mol. The first kappa shape index (κ1) is 22.0. The Morgan fingerprint density at radius 1 is 1.07 bits per heavy atom. The van der Waals surface area contributed by atoms with Crippen LogP contribution in [0.25, 0.3) is 0 Å². The summed E-state index contributed by atoms with van der Waals surface area (Å²) in [5.41, 5.74) is 1.05. The normalized spacial score (nSPS) is 11.4. The number of hydrogen-bond donors (Lipinski definition) is 2. The number of benzene rings is 2. The van der Waals surface area contributed by atoms with Crippen molar-refractivity contribution < 1.29 is 19.1 Å². The first-order chi connectivity index (χ1) is 13.5. The average molecular weight is 465 g/mol. The molecule has 0 saturated heterocycles. The number of rotatable bonds is 9. The van der Waals surface area contributed by atoms with Gasteiger partial charge in [-0.15, -0.1) is 0 Å². The molecular formula is C20H21BrN2O4S. The maximum absolute atomic E-state index is 12.4. The summed E-state index contributed by atoms with van der Waals surface area (Å²) in [6.45, 7) is -0.425. The maximum atomic E-state index is 12.4. The van der Waals surface area contributed by atoms with Crippen LogP contribution in [0.4, 0.5) is 5.69 Å². The smallest absolute Gasteiger partial charge is 0.329 e. The number of amides is 2. The third kappa shape index (κ3) is 7.36. The highest BCUT2D eigenvalue weighted by Gasteiger charge is 2.23.